The number of unbranched alkanes of at least 4 members (excludes halogenated alkanes) is 5. The Bertz CT molecular complexity index is 1090. The van der Waals surface area contributed by atoms with Gasteiger partial charge in [0.05, 0.1) is 6.54 Å². The van der Waals surface area contributed by atoms with Crippen molar-refractivity contribution in [2.75, 3.05) is 31.5 Å². The normalized spacial score (nSPS) is 11.3. The van der Waals surface area contributed by atoms with Crippen molar-refractivity contribution >= 4 is 29.3 Å². The molecular formula is C32H46N4O6. The van der Waals surface area contributed by atoms with E-state index in [-0.39, 0.29) is 36.6 Å². The van der Waals surface area contributed by atoms with Gasteiger partial charge in [-0.15, -0.1) is 0 Å². The first-order valence-electron chi connectivity index (χ1n) is 14.9. The van der Waals surface area contributed by atoms with Crippen LogP contribution in [0.15, 0.2) is 54.6 Å². The molecule has 0 saturated heterocycles. The third-order valence-electron chi connectivity index (χ3n) is 6.57. The molecule has 10 nitrogen and oxygen atoms in total. The van der Waals surface area contributed by atoms with Gasteiger partial charge in [-0.25, -0.2) is 0 Å². The molecule has 4 amide bonds. The summed E-state index contributed by atoms with van der Waals surface area (Å²) in [5, 5.41) is 18.1. The maximum atomic E-state index is 12.9. The van der Waals surface area contributed by atoms with Crippen LogP contribution in [-0.4, -0.2) is 66.1 Å². The van der Waals surface area contributed by atoms with Crippen LogP contribution in [0.4, 0.5) is 5.69 Å². The minimum atomic E-state index is -1.18. The van der Waals surface area contributed by atoms with E-state index in [1.165, 1.54) is 6.92 Å². The van der Waals surface area contributed by atoms with Crippen LogP contribution in [0, 0.1) is 0 Å². The van der Waals surface area contributed by atoms with Crippen LogP contribution in [0.1, 0.15) is 82.0 Å². The highest BCUT2D eigenvalue weighted by atomic mass is 16.6. The van der Waals surface area contributed by atoms with Crippen molar-refractivity contribution in [3.05, 3.63) is 60.2 Å². The summed E-state index contributed by atoms with van der Waals surface area (Å²) in [5.41, 5.74) is 1.23. The fraction of sp³-hybridized carbons (Fsp3) is 0.500. The predicted molar refractivity (Wildman–Crippen MR) is 163 cm³/mol. The van der Waals surface area contributed by atoms with Crippen molar-refractivity contribution in [3.8, 4) is 5.75 Å². The molecular weight excluding hydrogens is 536 g/mol. The second kappa shape index (κ2) is 20.0. The molecule has 0 radical (unpaired) electrons. The van der Waals surface area contributed by atoms with Gasteiger partial charge in [0.2, 0.25) is 24.0 Å². The first-order chi connectivity index (χ1) is 20.3. The molecule has 0 aliphatic carbocycles. The van der Waals surface area contributed by atoms with Gasteiger partial charge in [-0.1, -0.05) is 50.8 Å². The third-order valence-corrected chi connectivity index (χ3v) is 6.57. The molecule has 42 heavy (non-hydrogen) atoms. The number of carbonyl (C=O) groups excluding carboxylic acids is 4. The molecule has 0 aliphatic rings. The molecule has 0 spiro atoms. The average Bonchev–Trinajstić information content (AvgIpc) is 2.98. The van der Waals surface area contributed by atoms with E-state index in [2.05, 4.69) is 22.9 Å². The molecule has 1 atom stereocenters. The van der Waals surface area contributed by atoms with Gasteiger partial charge in [0.15, 0.2) is 0 Å². The molecule has 2 aromatic carbocycles. The molecule has 0 fully saturated rings. The summed E-state index contributed by atoms with van der Waals surface area (Å²) < 4.78 is 5.33. The summed E-state index contributed by atoms with van der Waals surface area (Å²) in [7, 11) is 0. The summed E-state index contributed by atoms with van der Waals surface area (Å²) in [5.74, 6) is -0.0632. The molecule has 0 aromatic heterocycles. The van der Waals surface area contributed by atoms with E-state index in [0.29, 0.717) is 43.1 Å². The number of rotatable bonds is 20. The maximum Gasteiger partial charge on any atom is 0.251 e. The molecule has 0 bridgehead atoms. The van der Waals surface area contributed by atoms with Crippen molar-refractivity contribution in [2.24, 2.45) is 0 Å². The summed E-state index contributed by atoms with van der Waals surface area (Å²) in [6.45, 7) is 4.97. The number of nitrogens with one attached hydrogen (secondary N) is 3. The molecule has 0 saturated carbocycles. The summed E-state index contributed by atoms with van der Waals surface area (Å²) in [6.07, 6.45) is 5.93. The Morgan fingerprint density at radius 2 is 1.55 bits per heavy atom. The number of ether oxygens (including phenoxy) is 1. The lowest BCUT2D eigenvalue weighted by Gasteiger charge is -2.23. The molecule has 230 valence electrons. The van der Waals surface area contributed by atoms with Gasteiger partial charge in [-0.2, -0.15) is 0 Å². The monoisotopic (exact) mass is 582 g/mol. The zero-order valence-corrected chi connectivity index (χ0v) is 24.9. The largest absolute Gasteiger partial charge is 0.463 e. The first-order valence-corrected chi connectivity index (χ1v) is 14.9. The SMILES string of the molecule is CCCCCC(=O)N(CCCCCCNC(=O)c1ccccc1)CCC(=O)Nc1ccc(OC(O)CNC(C)=O)cc1. The number of aliphatic hydroxyl groups is 1. The van der Waals surface area contributed by atoms with Crippen LogP contribution in [-0.2, 0) is 14.4 Å². The van der Waals surface area contributed by atoms with E-state index in [1.807, 2.05) is 18.2 Å². The van der Waals surface area contributed by atoms with Gasteiger partial charge in [0.25, 0.3) is 5.91 Å². The number of anilines is 1. The Labute approximate surface area is 249 Å². The number of hydrogen-bond acceptors (Lipinski definition) is 6. The van der Waals surface area contributed by atoms with E-state index in [0.717, 1.165) is 44.9 Å². The zero-order chi connectivity index (χ0) is 30.6. The highest BCUT2D eigenvalue weighted by Crippen LogP contribution is 2.17. The zero-order valence-electron chi connectivity index (χ0n) is 24.9. The third kappa shape index (κ3) is 14.6. The first kappa shape index (κ1) is 34.3. The molecule has 2 aromatic rings. The highest BCUT2D eigenvalue weighted by Gasteiger charge is 2.15. The minimum absolute atomic E-state index is 0.0333. The lowest BCUT2D eigenvalue weighted by Crippen LogP contribution is -2.34. The Hall–Kier alpha value is -3.92. The Balaban J connectivity index is 1.73. The van der Waals surface area contributed by atoms with E-state index in [1.54, 1.807) is 41.3 Å². The second-order valence-electron chi connectivity index (χ2n) is 10.2. The average molecular weight is 583 g/mol. The van der Waals surface area contributed by atoms with Crippen LogP contribution in [0.25, 0.3) is 0 Å². The fourth-order valence-corrected chi connectivity index (χ4v) is 4.23. The molecule has 2 rings (SSSR count). The van der Waals surface area contributed by atoms with E-state index in [9.17, 15) is 24.3 Å². The van der Waals surface area contributed by atoms with E-state index >= 15 is 0 Å². The standard InChI is InChI=1S/C32H46N4O6/c1-3-4-8-15-30(39)36(22-12-6-5-11-21-33-32(41)26-13-9-7-10-14-26)23-20-29(38)35-27-16-18-28(19-17-27)42-31(40)24-34-25(2)37/h7,9-10,13-14,16-19,31,40H,3-6,8,11-12,15,20-24H2,1-2H3,(H,33,41)(H,34,37)(H,35,38). The lowest BCUT2D eigenvalue weighted by molar-refractivity contribution is -0.131. The van der Waals surface area contributed by atoms with Crippen LogP contribution in [0.3, 0.4) is 0 Å². The van der Waals surface area contributed by atoms with Crippen LogP contribution in [0.2, 0.25) is 0 Å². The van der Waals surface area contributed by atoms with Crippen molar-refractivity contribution in [2.45, 2.75) is 77.9 Å². The van der Waals surface area contributed by atoms with Gasteiger partial charge in [-0.3, -0.25) is 19.2 Å². The second-order valence-corrected chi connectivity index (χ2v) is 10.2. The van der Waals surface area contributed by atoms with Crippen LogP contribution < -0.4 is 20.7 Å². The van der Waals surface area contributed by atoms with Crippen molar-refractivity contribution in [1.82, 2.24) is 15.5 Å². The summed E-state index contributed by atoms with van der Waals surface area (Å²) in [4.78, 5) is 50.4. The number of benzene rings is 2. The van der Waals surface area contributed by atoms with Gasteiger partial charge in [0, 0.05) is 50.7 Å². The predicted octanol–water partition coefficient (Wildman–Crippen LogP) is 4.25. The Kier molecular flexibility index (Phi) is 16.4. The topological polar surface area (TPSA) is 137 Å². The molecule has 1 unspecified atom stereocenters. The van der Waals surface area contributed by atoms with Crippen molar-refractivity contribution in [1.29, 1.82) is 0 Å². The fourth-order valence-electron chi connectivity index (χ4n) is 4.23. The smallest absolute Gasteiger partial charge is 0.251 e. The summed E-state index contributed by atoms with van der Waals surface area (Å²) >= 11 is 0. The number of nitrogens with zero attached hydrogens (tertiary/aromatic N) is 1. The number of hydrogen-bond donors (Lipinski definition) is 4. The van der Waals surface area contributed by atoms with Crippen LogP contribution >= 0.6 is 0 Å². The van der Waals surface area contributed by atoms with Crippen LogP contribution in [0.5, 0.6) is 5.75 Å². The highest BCUT2D eigenvalue weighted by molar-refractivity contribution is 5.94. The van der Waals surface area contributed by atoms with Crippen molar-refractivity contribution in [3.63, 3.8) is 0 Å². The summed E-state index contributed by atoms with van der Waals surface area (Å²) in [6, 6.07) is 15.7. The lowest BCUT2D eigenvalue weighted by atomic mass is 10.1. The van der Waals surface area contributed by atoms with Crippen molar-refractivity contribution < 1.29 is 29.0 Å². The van der Waals surface area contributed by atoms with E-state index in [4.69, 9.17) is 4.74 Å². The molecule has 0 heterocycles. The Morgan fingerprint density at radius 3 is 2.24 bits per heavy atom. The minimum Gasteiger partial charge on any atom is -0.463 e. The Morgan fingerprint density at radius 1 is 0.833 bits per heavy atom. The number of amides is 4. The molecule has 4 N–H and O–H groups in total. The molecule has 10 heteroatoms. The quantitative estimate of drug-likeness (QED) is 0.136. The number of carbonyl (C=O) groups is 4. The van der Waals surface area contributed by atoms with Gasteiger partial charge in [0.1, 0.15) is 5.75 Å². The van der Waals surface area contributed by atoms with Gasteiger partial charge >= 0.3 is 0 Å². The number of aliphatic hydroxyl groups excluding tert-OH is 1. The maximum absolute atomic E-state index is 12.9. The van der Waals surface area contributed by atoms with E-state index < -0.39 is 6.29 Å². The molecule has 0 aliphatic heterocycles. The van der Waals surface area contributed by atoms with Gasteiger partial charge in [-0.05, 0) is 55.7 Å². The van der Waals surface area contributed by atoms with Gasteiger partial charge < -0.3 is 30.7 Å².